The second-order valence-electron chi connectivity index (χ2n) is 37.9. The first-order valence-corrected chi connectivity index (χ1v) is 53.8. The van der Waals surface area contributed by atoms with E-state index in [4.69, 9.17) is 0 Å². The van der Waals surface area contributed by atoms with Gasteiger partial charge in [0.15, 0.2) is 57.4 Å². The Morgan fingerprint density at radius 2 is 0.486 bits per heavy atom. The largest absolute Gasteiger partial charge is 0.274 e. The van der Waals surface area contributed by atoms with Crippen LogP contribution in [0.2, 0.25) is 0 Å². The van der Waals surface area contributed by atoms with Crippen LogP contribution in [0.3, 0.4) is 0 Å². The Kier molecular flexibility index (Phi) is 25.5. The Labute approximate surface area is 909 Å². The third-order valence-corrected chi connectivity index (χ3v) is 30.8. The lowest BCUT2D eigenvalue weighted by molar-refractivity contribution is 0.591. The molecule has 18 aromatic carbocycles. The number of rotatable bonds is 10. The van der Waals surface area contributed by atoms with Crippen LogP contribution in [0.15, 0.2) is 425 Å². The average molecular weight is 2450 g/mol. The van der Waals surface area contributed by atoms with Gasteiger partial charge in [-0.1, -0.05) is 344 Å². The van der Waals surface area contributed by atoms with Crippen LogP contribution in [0.5, 0.6) is 0 Å². The van der Waals surface area contributed by atoms with E-state index in [1.54, 1.807) is 0 Å². The molecule has 0 aliphatic rings. The Bertz CT molecular complexity index is 9740. The summed E-state index contributed by atoms with van der Waals surface area (Å²) in [6.07, 6.45) is 1.08. The standard InChI is InChI=1S/3C26H16IN3.2C24H20IN3/c27-19-15-13-18(14-16-19)25-28-29-26-22-11-6-10-20(17-7-2-1-3-8-17)24(22)21-9-4-5-12-23(21)30(25)26;27-20-13-10-18(11-14-20)25-28-29-26-23-16-19(17-6-2-1-3-7-17)12-15-21(23)22-8-4-5-9-24(22)30(25)26;27-20-13-10-18(11-14-20)25-28-29-26-22-9-5-4-8-21(22)23-16-19(12-15-24(23)30(25)26)17-6-2-1-3-7-17;1-24(2,3)16-10-13-21-20(14-16)18-6-4-5-7-19(18)23-27-26-22(28(21)23)15-8-11-17(25)12-9-15;1-15(2)13-16-7-12-22-21(14-16)19-5-3-4-6-20(19)24-27-26-23(28(22)24)17-8-10-18(25)11-9-17/h3*1-16H;4-14H,1-3H3;3-12,14-15H,13H2,1-2H3. The van der Waals surface area contributed by atoms with Gasteiger partial charge in [0.1, 0.15) is 0 Å². The lowest BCUT2D eigenvalue weighted by atomic mass is 9.86. The highest BCUT2D eigenvalue weighted by molar-refractivity contribution is 14.1. The fraction of sp³-hybridized carbons (Fsp3) is 0.0635. The maximum Gasteiger partial charge on any atom is 0.169 e. The number of hydrogen-bond donors (Lipinski definition) is 0. The Morgan fingerprint density at radius 3 is 0.884 bits per heavy atom. The molecule has 0 aliphatic carbocycles. The molecule has 0 N–H and O–H groups in total. The van der Waals surface area contributed by atoms with Gasteiger partial charge in [0, 0.05) is 105 Å². The quantitative estimate of drug-likeness (QED) is 0.0956. The Hall–Kier alpha value is -14.7. The summed E-state index contributed by atoms with van der Waals surface area (Å²) in [6, 6.07) is 150. The molecular weight excluding hydrogens is 2360 g/mol. The first-order chi connectivity index (χ1) is 71.4. The molecule has 28 rings (SSSR count). The minimum atomic E-state index is 0.0936. The average Bonchev–Trinajstić information content (AvgIpc) is 1.47. The van der Waals surface area contributed by atoms with E-state index in [2.05, 4.69) is 633 Å². The Morgan fingerprint density at radius 1 is 0.205 bits per heavy atom. The highest BCUT2D eigenvalue weighted by Gasteiger charge is 2.26. The van der Waals surface area contributed by atoms with Crippen molar-refractivity contribution in [3.05, 3.63) is 454 Å². The van der Waals surface area contributed by atoms with Gasteiger partial charge in [-0.25, -0.2) is 0 Å². The smallest absolute Gasteiger partial charge is 0.169 e. The van der Waals surface area contributed by atoms with Gasteiger partial charge in [-0.2, -0.15) is 0 Å². The van der Waals surface area contributed by atoms with Crippen molar-refractivity contribution in [3.63, 3.8) is 0 Å². The predicted molar refractivity (Wildman–Crippen MR) is 644 cm³/mol. The van der Waals surface area contributed by atoms with Crippen molar-refractivity contribution in [2.45, 2.75) is 46.5 Å². The van der Waals surface area contributed by atoms with Crippen LogP contribution in [0.1, 0.15) is 45.7 Å². The molecule has 10 heterocycles. The number of fused-ring (bicyclic) bond motifs is 30. The van der Waals surface area contributed by atoms with Gasteiger partial charge in [-0.3, -0.25) is 22.0 Å². The summed E-state index contributed by atoms with van der Waals surface area (Å²) in [5.41, 5.74) is 25.4. The van der Waals surface area contributed by atoms with Gasteiger partial charge in [0.05, 0.1) is 27.6 Å². The maximum absolute atomic E-state index is 4.64. The summed E-state index contributed by atoms with van der Waals surface area (Å²) in [5.74, 6) is 4.99. The van der Waals surface area contributed by atoms with Gasteiger partial charge in [-0.05, 0) is 312 Å². The van der Waals surface area contributed by atoms with Crippen molar-refractivity contribution in [1.29, 1.82) is 0 Å². The molecule has 146 heavy (non-hydrogen) atoms. The molecule has 0 saturated carbocycles. The zero-order chi connectivity index (χ0) is 99.0. The first kappa shape index (κ1) is 93.6. The zero-order valence-corrected chi connectivity index (χ0v) is 90.6. The fourth-order valence-electron chi connectivity index (χ4n) is 20.3. The lowest BCUT2D eigenvalue weighted by Crippen LogP contribution is -2.11. The van der Waals surface area contributed by atoms with E-state index in [0.29, 0.717) is 5.92 Å². The summed E-state index contributed by atoms with van der Waals surface area (Å²) in [5, 5.41) is 63.7. The van der Waals surface area contributed by atoms with E-state index < -0.39 is 0 Å². The number of halogens is 5. The molecule has 0 radical (unpaired) electrons. The molecule has 0 fully saturated rings. The van der Waals surface area contributed by atoms with Crippen molar-refractivity contribution in [3.8, 4) is 90.3 Å². The second-order valence-corrected chi connectivity index (χ2v) is 44.1. The predicted octanol–water partition coefficient (Wildman–Crippen LogP) is 34.0. The van der Waals surface area contributed by atoms with Crippen LogP contribution in [0.4, 0.5) is 0 Å². The van der Waals surface area contributed by atoms with Crippen molar-refractivity contribution in [1.82, 2.24) is 73.0 Å². The summed E-state index contributed by atoms with van der Waals surface area (Å²) in [4.78, 5) is 0. The Balaban J connectivity index is 0.0000000979. The van der Waals surface area contributed by atoms with E-state index in [0.717, 1.165) is 146 Å². The number of para-hydroxylation sites is 2. The normalized spacial score (nSPS) is 11.7. The van der Waals surface area contributed by atoms with Crippen LogP contribution in [-0.4, -0.2) is 73.0 Å². The minimum Gasteiger partial charge on any atom is -0.274 e. The van der Waals surface area contributed by atoms with Gasteiger partial charge in [0.2, 0.25) is 0 Å². The molecule has 0 amide bonds. The number of benzene rings is 18. The zero-order valence-electron chi connectivity index (χ0n) is 79.8. The minimum absolute atomic E-state index is 0.0936. The third kappa shape index (κ3) is 17.6. The van der Waals surface area contributed by atoms with Gasteiger partial charge < -0.3 is 0 Å². The van der Waals surface area contributed by atoms with Gasteiger partial charge >= 0.3 is 0 Å². The highest BCUT2D eigenvalue weighted by atomic mass is 127. The number of nitrogens with zero attached hydrogens (tertiary/aromatic N) is 15. The number of hydrogen-bond acceptors (Lipinski definition) is 10. The van der Waals surface area contributed by atoms with Gasteiger partial charge in [0.25, 0.3) is 0 Å². The van der Waals surface area contributed by atoms with Crippen LogP contribution < -0.4 is 0 Å². The fourth-order valence-corrected chi connectivity index (χ4v) is 22.1. The van der Waals surface area contributed by atoms with E-state index in [1.165, 1.54) is 116 Å². The molecule has 10 aromatic heterocycles. The van der Waals surface area contributed by atoms with Gasteiger partial charge in [-0.15, -0.1) is 51.0 Å². The molecule has 702 valence electrons. The van der Waals surface area contributed by atoms with E-state index in [-0.39, 0.29) is 5.41 Å². The molecule has 0 saturated heterocycles. The summed E-state index contributed by atoms with van der Waals surface area (Å²) < 4.78 is 17.0. The van der Waals surface area contributed by atoms with Crippen LogP contribution >= 0.6 is 113 Å². The summed E-state index contributed by atoms with van der Waals surface area (Å²) in [6.45, 7) is 11.3. The molecule has 0 atom stereocenters. The molecule has 0 aliphatic heterocycles. The molecule has 0 spiro atoms. The monoisotopic (exact) mass is 2450 g/mol. The van der Waals surface area contributed by atoms with Crippen LogP contribution in [0.25, 0.3) is 227 Å². The summed E-state index contributed by atoms with van der Waals surface area (Å²) in [7, 11) is 0. The van der Waals surface area contributed by atoms with E-state index >= 15 is 0 Å². The molecule has 20 heteroatoms. The number of pyridine rings is 5. The number of aromatic nitrogens is 15. The molecule has 28 aromatic rings. The van der Waals surface area contributed by atoms with Crippen molar-refractivity contribution in [2.24, 2.45) is 5.92 Å². The maximum atomic E-state index is 4.64. The lowest BCUT2D eigenvalue weighted by Gasteiger charge is -2.20. The molecule has 15 nitrogen and oxygen atoms in total. The van der Waals surface area contributed by atoms with E-state index in [9.17, 15) is 0 Å². The van der Waals surface area contributed by atoms with Crippen LogP contribution in [-0.2, 0) is 11.8 Å². The van der Waals surface area contributed by atoms with Crippen molar-refractivity contribution >= 4 is 250 Å². The van der Waals surface area contributed by atoms with Crippen molar-refractivity contribution in [2.75, 3.05) is 0 Å². The van der Waals surface area contributed by atoms with Crippen molar-refractivity contribution < 1.29 is 0 Å². The SMILES string of the molecule is CC(C)(C)c1ccc2c(c1)c1ccccc1c1nnc(-c3ccc(I)cc3)n21.CC(C)Cc1ccc2c(c1)c1ccccc1c1nnc(-c3ccc(I)cc3)n21.Ic1ccc(-c2nnc3c4cc(-c5ccccc5)ccc4c4ccccc4n23)cc1.Ic1ccc(-c2nnc3c4cccc(-c5ccccc5)c4c4ccccc4n23)cc1.Ic1ccc(-c2nnc3c4ccccc4c4cc(-c5ccccc5)ccc4n23)cc1. The molecular formula is C126H88I5N15. The molecule has 0 unspecified atom stereocenters. The van der Waals surface area contributed by atoms with E-state index in [1.807, 2.05) is 12.1 Å². The van der Waals surface area contributed by atoms with Crippen LogP contribution in [0, 0.1) is 23.8 Å². The summed E-state index contributed by atoms with van der Waals surface area (Å²) >= 11 is 11.6. The second kappa shape index (κ2) is 39.7. The molecule has 0 bridgehead atoms. The first-order valence-electron chi connectivity index (χ1n) is 48.4. The highest BCUT2D eigenvalue weighted by Crippen LogP contribution is 2.44. The topological polar surface area (TPSA) is 151 Å². The third-order valence-electron chi connectivity index (χ3n) is 27.2.